The molecule has 8 heteroatoms. The Bertz CT molecular complexity index is 973. The van der Waals surface area contributed by atoms with Gasteiger partial charge in [0.2, 0.25) is 5.82 Å². The number of aromatic nitrogens is 4. The number of imidazole rings is 1. The number of hydrogen-bond donors (Lipinski definition) is 1. The minimum atomic E-state index is -0.120. The number of carbonyl (C=O) groups is 1. The van der Waals surface area contributed by atoms with Crippen molar-refractivity contribution in [1.29, 1.82) is 0 Å². The molecule has 1 saturated carbocycles. The molecule has 1 aliphatic heterocycles. The van der Waals surface area contributed by atoms with Gasteiger partial charge in [0.1, 0.15) is 0 Å². The Morgan fingerprint density at radius 1 is 1.33 bits per heavy atom. The number of carbonyl (C=O) groups excluding carboxylic acids is 1. The van der Waals surface area contributed by atoms with Crippen molar-refractivity contribution in [2.45, 2.75) is 25.3 Å². The highest BCUT2D eigenvalue weighted by Gasteiger charge is 2.31. The van der Waals surface area contributed by atoms with Crippen LogP contribution in [0.15, 0.2) is 33.4 Å². The second-order valence-corrected chi connectivity index (χ2v) is 6.90. The predicted molar refractivity (Wildman–Crippen MR) is 87.7 cm³/mol. The lowest BCUT2D eigenvalue weighted by Crippen LogP contribution is -2.21. The van der Waals surface area contributed by atoms with Crippen LogP contribution < -0.4 is 5.32 Å². The van der Waals surface area contributed by atoms with Crippen molar-refractivity contribution in [3.8, 4) is 17.4 Å². The summed E-state index contributed by atoms with van der Waals surface area (Å²) in [4.78, 5) is 21.3. The number of benzene rings is 1. The van der Waals surface area contributed by atoms with E-state index < -0.39 is 0 Å². The predicted octanol–water partition coefficient (Wildman–Crippen LogP) is 2.81. The van der Waals surface area contributed by atoms with E-state index in [1.807, 2.05) is 16.7 Å². The van der Waals surface area contributed by atoms with E-state index in [1.54, 1.807) is 12.3 Å². The standard InChI is InChI=1S/C16H12BrN5O2/c17-9-3-4-12-11(5-9)15(23)19-7-10-6-18-14(22(10)12)16-20-13(21-24-16)8-1-2-8/h3-6,8H,1-2,7H2,(H,19,23). The van der Waals surface area contributed by atoms with E-state index in [0.29, 0.717) is 29.7 Å². The second kappa shape index (κ2) is 5.01. The fourth-order valence-corrected chi connectivity index (χ4v) is 3.28. The smallest absolute Gasteiger partial charge is 0.294 e. The maximum absolute atomic E-state index is 12.4. The van der Waals surface area contributed by atoms with E-state index in [0.717, 1.165) is 34.5 Å². The molecule has 3 aromatic rings. The molecular weight excluding hydrogens is 374 g/mol. The third-order valence-electron chi connectivity index (χ3n) is 4.28. The number of hydrogen-bond acceptors (Lipinski definition) is 5. The summed E-state index contributed by atoms with van der Waals surface area (Å²) >= 11 is 3.42. The topological polar surface area (TPSA) is 85.8 Å². The van der Waals surface area contributed by atoms with Gasteiger partial charge in [0, 0.05) is 10.4 Å². The molecule has 0 atom stereocenters. The second-order valence-electron chi connectivity index (χ2n) is 5.98. The van der Waals surface area contributed by atoms with Crippen molar-refractivity contribution in [2.75, 3.05) is 0 Å². The third-order valence-corrected chi connectivity index (χ3v) is 4.78. The lowest BCUT2D eigenvalue weighted by molar-refractivity contribution is 0.0952. The average Bonchev–Trinajstić information content (AvgIpc) is 3.20. The van der Waals surface area contributed by atoms with Gasteiger partial charge in [-0.2, -0.15) is 4.98 Å². The van der Waals surface area contributed by atoms with Crippen molar-refractivity contribution < 1.29 is 9.32 Å². The lowest BCUT2D eigenvalue weighted by atomic mass is 10.1. The van der Waals surface area contributed by atoms with Crippen LogP contribution in [-0.4, -0.2) is 25.6 Å². The summed E-state index contributed by atoms with van der Waals surface area (Å²) in [6.07, 6.45) is 3.94. The lowest BCUT2D eigenvalue weighted by Gasteiger charge is -2.10. The Balaban J connectivity index is 1.70. The first-order chi connectivity index (χ1) is 11.7. The van der Waals surface area contributed by atoms with Gasteiger partial charge in [-0.05, 0) is 31.0 Å². The SMILES string of the molecule is O=C1NCc2cnc(-c3nc(C4CC4)no3)n2-c2ccc(Br)cc21. The van der Waals surface area contributed by atoms with Crippen LogP contribution in [-0.2, 0) is 6.54 Å². The van der Waals surface area contributed by atoms with E-state index in [9.17, 15) is 4.79 Å². The molecule has 1 N–H and O–H groups in total. The van der Waals surface area contributed by atoms with Crippen molar-refractivity contribution in [2.24, 2.45) is 0 Å². The molecule has 0 spiro atoms. The number of fused-ring (bicyclic) bond motifs is 3. The van der Waals surface area contributed by atoms with Gasteiger partial charge < -0.3 is 9.84 Å². The Morgan fingerprint density at radius 2 is 2.21 bits per heavy atom. The highest BCUT2D eigenvalue weighted by molar-refractivity contribution is 9.10. The minimum absolute atomic E-state index is 0.120. The van der Waals surface area contributed by atoms with E-state index in [-0.39, 0.29) is 5.91 Å². The first-order valence-corrected chi connectivity index (χ1v) is 8.49. The van der Waals surface area contributed by atoms with Crippen LogP contribution in [0.3, 0.4) is 0 Å². The van der Waals surface area contributed by atoms with Gasteiger partial charge in [0.15, 0.2) is 5.82 Å². The van der Waals surface area contributed by atoms with Crippen LogP contribution in [0.1, 0.15) is 40.6 Å². The fourth-order valence-electron chi connectivity index (χ4n) is 2.92. The monoisotopic (exact) mass is 385 g/mol. The van der Waals surface area contributed by atoms with Gasteiger partial charge in [-0.15, -0.1) is 0 Å². The van der Waals surface area contributed by atoms with Gasteiger partial charge >= 0.3 is 0 Å². The molecule has 0 bridgehead atoms. The maximum atomic E-state index is 12.4. The first kappa shape index (κ1) is 13.9. The Kier molecular flexibility index (Phi) is 2.90. The Labute approximate surface area is 145 Å². The number of nitrogens with one attached hydrogen (secondary N) is 1. The van der Waals surface area contributed by atoms with Crippen molar-refractivity contribution >= 4 is 21.8 Å². The van der Waals surface area contributed by atoms with Crippen LogP contribution in [0.4, 0.5) is 0 Å². The van der Waals surface area contributed by atoms with Crippen LogP contribution in [0.2, 0.25) is 0 Å². The van der Waals surface area contributed by atoms with Gasteiger partial charge in [-0.3, -0.25) is 9.36 Å². The molecule has 0 saturated heterocycles. The maximum Gasteiger partial charge on any atom is 0.294 e. The van der Waals surface area contributed by atoms with Gasteiger partial charge in [-0.25, -0.2) is 4.98 Å². The highest BCUT2D eigenvalue weighted by Crippen LogP contribution is 2.39. The Hall–Kier alpha value is -2.48. The molecule has 2 aromatic heterocycles. The first-order valence-electron chi connectivity index (χ1n) is 7.69. The van der Waals surface area contributed by atoms with Crippen LogP contribution in [0.25, 0.3) is 17.4 Å². The molecule has 1 amide bonds. The number of amides is 1. The summed E-state index contributed by atoms with van der Waals surface area (Å²) in [5.41, 5.74) is 2.19. The Morgan fingerprint density at radius 3 is 3.04 bits per heavy atom. The van der Waals surface area contributed by atoms with E-state index in [1.165, 1.54) is 0 Å². The van der Waals surface area contributed by atoms with Crippen LogP contribution >= 0.6 is 15.9 Å². The zero-order valence-corrected chi connectivity index (χ0v) is 14.1. The van der Waals surface area contributed by atoms with Crippen LogP contribution in [0, 0.1) is 0 Å². The van der Waals surface area contributed by atoms with Crippen molar-refractivity contribution in [3.63, 3.8) is 0 Å². The number of halogens is 1. The summed E-state index contributed by atoms with van der Waals surface area (Å²) < 4.78 is 8.17. The average molecular weight is 386 g/mol. The van der Waals surface area contributed by atoms with E-state index in [2.05, 4.69) is 36.4 Å². The molecule has 2 aliphatic rings. The molecule has 120 valence electrons. The summed E-state index contributed by atoms with van der Waals surface area (Å²) in [6, 6.07) is 5.58. The quantitative estimate of drug-likeness (QED) is 0.732. The van der Waals surface area contributed by atoms with Gasteiger partial charge in [-0.1, -0.05) is 21.1 Å². The molecular formula is C16H12BrN5O2. The molecule has 24 heavy (non-hydrogen) atoms. The number of nitrogens with zero attached hydrogens (tertiary/aromatic N) is 4. The molecule has 0 radical (unpaired) electrons. The van der Waals surface area contributed by atoms with E-state index >= 15 is 0 Å². The van der Waals surface area contributed by atoms with Crippen molar-refractivity contribution in [3.05, 3.63) is 46.0 Å². The summed E-state index contributed by atoms with van der Waals surface area (Å²) in [5, 5.41) is 6.96. The molecule has 7 nitrogen and oxygen atoms in total. The molecule has 1 aliphatic carbocycles. The molecule has 5 rings (SSSR count). The fraction of sp³-hybridized carbons (Fsp3) is 0.250. The number of rotatable bonds is 2. The van der Waals surface area contributed by atoms with E-state index in [4.69, 9.17) is 4.52 Å². The van der Waals surface area contributed by atoms with Gasteiger partial charge in [0.25, 0.3) is 11.8 Å². The largest absolute Gasteiger partial charge is 0.346 e. The van der Waals surface area contributed by atoms with Crippen LogP contribution in [0.5, 0.6) is 0 Å². The molecule has 1 fully saturated rings. The zero-order valence-electron chi connectivity index (χ0n) is 12.5. The molecule has 0 unspecified atom stereocenters. The summed E-state index contributed by atoms with van der Waals surface area (Å²) in [5.74, 6) is 1.97. The minimum Gasteiger partial charge on any atom is -0.346 e. The zero-order chi connectivity index (χ0) is 16.3. The normalized spacial score (nSPS) is 16.3. The molecule has 3 heterocycles. The third kappa shape index (κ3) is 2.10. The van der Waals surface area contributed by atoms with Crippen molar-refractivity contribution in [1.82, 2.24) is 25.0 Å². The molecule has 1 aromatic carbocycles. The summed E-state index contributed by atoms with van der Waals surface area (Å²) in [6.45, 7) is 0.391. The van der Waals surface area contributed by atoms with Gasteiger partial charge in [0.05, 0.1) is 29.7 Å². The summed E-state index contributed by atoms with van der Waals surface area (Å²) in [7, 11) is 0. The highest BCUT2D eigenvalue weighted by atomic mass is 79.9.